The summed E-state index contributed by atoms with van der Waals surface area (Å²) in [6, 6.07) is 0. The van der Waals surface area contributed by atoms with E-state index in [1.165, 1.54) is 12.0 Å². The van der Waals surface area contributed by atoms with Gasteiger partial charge < -0.3 is 4.98 Å². The van der Waals surface area contributed by atoms with Gasteiger partial charge in [-0.25, -0.2) is 4.98 Å². The van der Waals surface area contributed by atoms with Crippen molar-refractivity contribution in [2.75, 3.05) is 13.1 Å². The van der Waals surface area contributed by atoms with E-state index in [0.29, 0.717) is 5.92 Å². The minimum absolute atomic E-state index is 0.551. The highest BCUT2D eigenvalue weighted by atomic mass is 15.3. The Balaban J connectivity index is 1.59. The minimum atomic E-state index is 0.551. The Hall–Kier alpha value is -1.62. The van der Waals surface area contributed by atoms with E-state index in [2.05, 4.69) is 40.0 Å². The van der Waals surface area contributed by atoms with Crippen LogP contribution in [0.4, 0.5) is 0 Å². The predicted molar refractivity (Wildman–Crippen MR) is 73.9 cm³/mol. The second kappa shape index (κ2) is 5.17. The topological polar surface area (TPSA) is 49.7 Å². The monoisotopic (exact) mass is 259 g/mol. The third-order valence-electron chi connectivity index (χ3n) is 3.80. The number of likely N-dealkylation sites (tertiary alicyclic amines) is 1. The van der Waals surface area contributed by atoms with Crippen LogP contribution < -0.4 is 0 Å². The molecule has 2 aromatic rings. The van der Waals surface area contributed by atoms with Crippen LogP contribution in [0.15, 0.2) is 18.6 Å². The highest BCUT2D eigenvalue weighted by Gasteiger charge is 2.25. The van der Waals surface area contributed by atoms with Crippen LogP contribution in [0.3, 0.4) is 0 Å². The zero-order valence-corrected chi connectivity index (χ0v) is 11.6. The van der Waals surface area contributed by atoms with Crippen molar-refractivity contribution in [3.63, 3.8) is 0 Å². The lowest BCUT2D eigenvalue weighted by molar-refractivity contribution is 0.325. The normalized spacial score (nSPS) is 20.2. The largest absolute Gasteiger partial charge is 0.346 e. The Labute approximate surface area is 113 Å². The van der Waals surface area contributed by atoms with Gasteiger partial charge in [0, 0.05) is 49.2 Å². The van der Waals surface area contributed by atoms with E-state index < -0.39 is 0 Å². The van der Waals surface area contributed by atoms with Crippen LogP contribution in [0.25, 0.3) is 0 Å². The number of H-pyrrole nitrogens is 1. The summed E-state index contributed by atoms with van der Waals surface area (Å²) >= 11 is 0. The number of nitrogens with one attached hydrogen (secondary N) is 1. The molecule has 2 aromatic heterocycles. The third-order valence-corrected chi connectivity index (χ3v) is 3.80. The van der Waals surface area contributed by atoms with Crippen LogP contribution in [-0.4, -0.2) is 37.7 Å². The second-order valence-electron chi connectivity index (χ2n) is 5.38. The molecule has 3 rings (SSSR count). The molecule has 0 spiro atoms. The van der Waals surface area contributed by atoms with Gasteiger partial charge in [-0.1, -0.05) is 0 Å². The zero-order valence-electron chi connectivity index (χ0n) is 11.6. The summed E-state index contributed by atoms with van der Waals surface area (Å²) in [7, 11) is 0. The summed E-state index contributed by atoms with van der Waals surface area (Å²) < 4.78 is 1.98. The Morgan fingerprint density at radius 1 is 1.42 bits per heavy atom. The summed E-state index contributed by atoms with van der Waals surface area (Å²) in [4.78, 5) is 10.3. The van der Waals surface area contributed by atoms with Crippen LogP contribution in [-0.2, 0) is 13.1 Å². The molecule has 0 amide bonds. The van der Waals surface area contributed by atoms with Crippen LogP contribution >= 0.6 is 0 Å². The third kappa shape index (κ3) is 2.71. The maximum atomic E-state index is 4.46. The lowest BCUT2D eigenvalue weighted by Crippen LogP contribution is -2.19. The highest BCUT2D eigenvalue weighted by molar-refractivity contribution is 5.09. The molecule has 0 radical (unpaired) electrons. The molecule has 1 atom stereocenters. The van der Waals surface area contributed by atoms with Gasteiger partial charge in [0.05, 0.1) is 6.20 Å². The molecule has 5 nitrogen and oxygen atoms in total. The molecule has 1 fully saturated rings. The summed E-state index contributed by atoms with van der Waals surface area (Å²) in [5.41, 5.74) is 2.45. The van der Waals surface area contributed by atoms with Crippen molar-refractivity contribution in [1.82, 2.24) is 24.6 Å². The van der Waals surface area contributed by atoms with Crippen molar-refractivity contribution in [1.29, 1.82) is 0 Å². The number of hydrogen-bond donors (Lipinski definition) is 1. The fraction of sp³-hybridized carbons (Fsp3) is 0.571. The number of aromatic amines is 1. The average Bonchev–Trinajstić information content (AvgIpc) is 3.10. The molecule has 0 aliphatic carbocycles. The standard InChI is InChI=1S/C14H21N5/c1-3-19-9-12(7-16-19)8-18-5-4-13(10-18)14-15-6-11(2)17-14/h6-7,9,13H,3-5,8,10H2,1-2H3,(H,15,17)/t13-/m1/s1. The Kier molecular flexibility index (Phi) is 3.38. The van der Waals surface area contributed by atoms with Crippen molar-refractivity contribution in [2.24, 2.45) is 0 Å². The van der Waals surface area contributed by atoms with Crippen LogP contribution in [0.1, 0.15) is 36.3 Å². The Bertz CT molecular complexity index is 542. The van der Waals surface area contributed by atoms with Gasteiger partial charge >= 0.3 is 0 Å². The van der Waals surface area contributed by atoms with Gasteiger partial charge in [0.15, 0.2) is 0 Å². The molecular weight excluding hydrogens is 238 g/mol. The van der Waals surface area contributed by atoms with Crippen molar-refractivity contribution in [2.45, 2.75) is 39.3 Å². The first-order valence-electron chi connectivity index (χ1n) is 6.99. The van der Waals surface area contributed by atoms with Crippen molar-refractivity contribution in [3.8, 4) is 0 Å². The average molecular weight is 259 g/mol. The minimum Gasteiger partial charge on any atom is -0.346 e. The lowest BCUT2D eigenvalue weighted by atomic mass is 10.1. The summed E-state index contributed by atoms with van der Waals surface area (Å²) in [6.45, 7) is 8.33. The van der Waals surface area contributed by atoms with E-state index in [9.17, 15) is 0 Å². The van der Waals surface area contributed by atoms with Gasteiger partial charge in [0.25, 0.3) is 0 Å². The van der Waals surface area contributed by atoms with E-state index in [1.54, 1.807) is 0 Å². The SMILES string of the molecule is CCn1cc(CN2CC[C@@H](c3ncc(C)[nH]3)C2)cn1. The van der Waals surface area contributed by atoms with E-state index >= 15 is 0 Å². The van der Waals surface area contributed by atoms with E-state index in [-0.39, 0.29) is 0 Å². The van der Waals surface area contributed by atoms with Crippen LogP contribution in [0.2, 0.25) is 0 Å². The van der Waals surface area contributed by atoms with Crippen LogP contribution in [0.5, 0.6) is 0 Å². The van der Waals surface area contributed by atoms with Crippen molar-refractivity contribution >= 4 is 0 Å². The molecule has 1 aliphatic heterocycles. The Morgan fingerprint density at radius 2 is 2.32 bits per heavy atom. The number of nitrogens with zero attached hydrogens (tertiary/aromatic N) is 4. The van der Waals surface area contributed by atoms with Gasteiger partial charge in [-0.05, 0) is 26.8 Å². The number of aryl methyl sites for hydroxylation is 2. The van der Waals surface area contributed by atoms with E-state index in [0.717, 1.165) is 37.7 Å². The molecule has 3 heterocycles. The number of rotatable bonds is 4. The van der Waals surface area contributed by atoms with Crippen LogP contribution in [0, 0.1) is 6.92 Å². The molecule has 0 saturated carbocycles. The quantitative estimate of drug-likeness (QED) is 0.912. The van der Waals surface area contributed by atoms with E-state index in [4.69, 9.17) is 0 Å². The molecule has 1 saturated heterocycles. The molecule has 5 heteroatoms. The Morgan fingerprint density at radius 3 is 3.00 bits per heavy atom. The summed E-state index contributed by atoms with van der Waals surface area (Å²) in [5.74, 6) is 1.69. The molecule has 1 aliphatic rings. The number of imidazole rings is 1. The first-order chi connectivity index (χ1) is 9.24. The van der Waals surface area contributed by atoms with Gasteiger partial charge in [0.1, 0.15) is 5.82 Å². The lowest BCUT2D eigenvalue weighted by Gasteiger charge is -2.14. The van der Waals surface area contributed by atoms with Gasteiger partial charge in [-0.15, -0.1) is 0 Å². The molecule has 1 N–H and O–H groups in total. The number of hydrogen-bond acceptors (Lipinski definition) is 3. The summed E-state index contributed by atoms with van der Waals surface area (Å²) in [6.07, 6.45) is 7.23. The van der Waals surface area contributed by atoms with Gasteiger partial charge in [-0.3, -0.25) is 9.58 Å². The molecule has 102 valence electrons. The first-order valence-corrected chi connectivity index (χ1v) is 6.99. The van der Waals surface area contributed by atoms with E-state index in [1.807, 2.05) is 17.1 Å². The van der Waals surface area contributed by atoms with Gasteiger partial charge in [0.2, 0.25) is 0 Å². The maximum Gasteiger partial charge on any atom is 0.110 e. The fourth-order valence-corrected chi connectivity index (χ4v) is 2.76. The smallest absolute Gasteiger partial charge is 0.110 e. The second-order valence-corrected chi connectivity index (χ2v) is 5.38. The molecular formula is C14H21N5. The molecule has 0 bridgehead atoms. The highest BCUT2D eigenvalue weighted by Crippen LogP contribution is 2.26. The fourth-order valence-electron chi connectivity index (χ4n) is 2.76. The molecule has 19 heavy (non-hydrogen) atoms. The van der Waals surface area contributed by atoms with Crippen molar-refractivity contribution < 1.29 is 0 Å². The molecule has 0 unspecified atom stereocenters. The predicted octanol–water partition coefficient (Wildman–Crippen LogP) is 1.92. The summed E-state index contributed by atoms with van der Waals surface area (Å²) in [5, 5.41) is 4.33. The zero-order chi connectivity index (χ0) is 13.2. The number of aromatic nitrogens is 4. The first kappa shape index (κ1) is 12.4. The molecule has 0 aromatic carbocycles. The van der Waals surface area contributed by atoms with Crippen molar-refractivity contribution in [3.05, 3.63) is 35.7 Å². The maximum absolute atomic E-state index is 4.46. The van der Waals surface area contributed by atoms with Gasteiger partial charge in [-0.2, -0.15) is 5.10 Å².